The fraction of sp³-hybridized carbons (Fsp3) is 1.00. The van der Waals surface area contributed by atoms with E-state index in [1.165, 1.54) is 51.1 Å². The SMILES string of the molecule is CCSC1CCCC1N1CCNCC1CC. The summed E-state index contributed by atoms with van der Waals surface area (Å²) in [4.78, 5) is 2.82. The van der Waals surface area contributed by atoms with Gasteiger partial charge in [0.05, 0.1) is 0 Å². The molecule has 94 valence electrons. The summed E-state index contributed by atoms with van der Waals surface area (Å²) in [5.41, 5.74) is 0. The summed E-state index contributed by atoms with van der Waals surface area (Å²) in [5, 5.41) is 4.45. The van der Waals surface area contributed by atoms with E-state index in [2.05, 4.69) is 35.8 Å². The topological polar surface area (TPSA) is 15.3 Å². The zero-order valence-electron chi connectivity index (χ0n) is 10.7. The third-order valence-electron chi connectivity index (χ3n) is 4.09. The number of rotatable bonds is 4. The van der Waals surface area contributed by atoms with E-state index in [0.717, 1.165) is 17.3 Å². The zero-order chi connectivity index (χ0) is 11.4. The molecule has 2 fully saturated rings. The van der Waals surface area contributed by atoms with Crippen LogP contribution in [0.25, 0.3) is 0 Å². The number of nitrogens with zero attached hydrogens (tertiary/aromatic N) is 1. The van der Waals surface area contributed by atoms with Crippen LogP contribution >= 0.6 is 11.8 Å². The molecule has 1 heterocycles. The summed E-state index contributed by atoms with van der Waals surface area (Å²) in [7, 11) is 0. The van der Waals surface area contributed by atoms with Gasteiger partial charge in [0.15, 0.2) is 0 Å². The zero-order valence-corrected chi connectivity index (χ0v) is 11.6. The van der Waals surface area contributed by atoms with Crippen LogP contribution < -0.4 is 5.32 Å². The molecule has 0 amide bonds. The minimum atomic E-state index is 0.789. The molecule has 16 heavy (non-hydrogen) atoms. The largest absolute Gasteiger partial charge is 0.314 e. The predicted octanol–water partition coefficient (Wildman–Crippen LogP) is 2.34. The molecular weight excluding hydrogens is 216 g/mol. The maximum absolute atomic E-state index is 3.54. The quantitative estimate of drug-likeness (QED) is 0.814. The van der Waals surface area contributed by atoms with Crippen LogP contribution in [0.3, 0.4) is 0 Å². The molecule has 0 spiro atoms. The van der Waals surface area contributed by atoms with Gasteiger partial charge in [-0.1, -0.05) is 20.3 Å². The average molecular weight is 242 g/mol. The molecule has 1 aliphatic heterocycles. The molecule has 1 N–H and O–H groups in total. The van der Waals surface area contributed by atoms with Gasteiger partial charge >= 0.3 is 0 Å². The number of thioether (sulfide) groups is 1. The van der Waals surface area contributed by atoms with Gasteiger partial charge in [0.2, 0.25) is 0 Å². The van der Waals surface area contributed by atoms with Crippen molar-refractivity contribution in [3.05, 3.63) is 0 Å². The summed E-state index contributed by atoms with van der Waals surface area (Å²) < 4.78 is 0. The lowest BCUT2D eigenvalue weighted by Crippen LogP contribution is -2.56. The van der Waals surface area contributed by atoms with Crippen molar-refractivity contribution in [2.75, 3.05) is 25.4 Å². The highest BCUT2D eigenvalue weighted by Crippen LogP contribution is 2.34. The molecule has 0 radical (unpaired) electrons. The fourth-order valence-corrected chi connectivity index (χ4v) is 4.56. The average Bonchev–Trinajstić information content (AvgIpc) is 2.77. The normalized spacial score (nSPS) is 36.8. The maximum atomic E-state index is 3.54. The molecule has 0 aromatic heterocycles. The van der Waals surface area contributed by atoms with Crippen molar-refractivity contribution in [2.24, 2.45) is 0 Å². The first-order chi connectivity index (χ1) is 7.86. The van der Waals surface area contributed by atoms with Gasteiger partial charge in [0, 0.05) is 37.0 Å². The van der Waals surface area contributed by atoms with Gasteiger partial charge in [-0.2, -0.15) is 11.8 Å². The Morgan fingerprint density at radius 1 is 1.31 bits per heavy atom. The van der Waals surface area contributed by atoms with Gasteiger partial charge in [-0.3, -0.25) is 4.90 Å². The minimum Gasteiger partial charge on any atom is -0.314 e. The van der Waals surface area contributed by atoms with E-state index in [9.17, 15) is 0 Å². The van der Waals surface area contributed by atoms with Gasteiger partial charge in [0.1, 0.15) is 0 Å². The van der Waals surface area contributed by atoms with Crippen LogP contribution in [0, 0.1) is 0 Å². The van der Waals surface area contributed by atoms with Crippen LogP contribution in [-0.2, 0) is 0 Å². The Kier molecular flexibility index (Phi) is 4.98. The standard InChI is InChI=1S/C13H26N2S/c1-3-11-10-14-8-9-15(11)12-6-5-7-13(12)16-4-2/h11-14H,3-10H2,1-2H3. The van der Waals surface area contributed by atoms with Crippen LogP contribution in [-0.4, -0.2) is 47.6 Å². The number of hydrogen-bond donors (Lipinski definition) is 1. The van der Waals surface area contributed by atoms with Crippen molar-refractivity contribution in [3.8, 4) is 0 Å². The second-order valence-corrected chi connectivity index (χ2v) is 6.51. The van der Waals surface area contributed by atoms with Crippen LogP contribution in [0.5, 0.6) is 0 Å². The summed E-state index contributed by atoms with van der Waals surface area (Å²) >= 11 is 2.19. The first-order valence-corrected chi connectivity index (χ1v) is 7.99. The van der Waals surface area contributed by atoms with Gasteiger partial charge in [-0.05, 0) is 25.0 Å². The van der Waals surface area contributed by atoms with E-state index in [0.29, 0.717) is 0 Å². The lowest BCUT2D eigenvalue weighted by molar-refractivity contribution is 0.108. The summed E-state index contributed by atoms with van der Waals surface area (Å²) in [6.07, 6.45) is 5.63. The smallest absolute Gasteiger partial charge is 0.0221 e. The lowest BCUT2D eigenvalue weighted by Gasteiger charge is -2.42. The Bertz CT molecular complexity index is 210. The Morgan fingerprint density at radius 3 is 2.94 bits per heavy atom. The Labute approximate surface area is 105 Å². The van der Waals surface area contributed by atoms with E-state index < -0.39 is 0 Å². The van der Waals surface area contributed by atoms with Crippen LogP contribution in [0.2, 0.25) is 0 Å². The van der Waals surface area contributed by atoms with E-state index in [-0.39, 0.29) is 0 Å². The molecule has 2 aliphatic rings. The Hall–Kier alpha value is 0.270. The Balaban J connectivity index is 1.97. The van der Waals surface area contributed by atoms with Gasteiger partial charge in [-0.25, -0.2) is 0 Å². The van der Waals surface area contributed by atoms with Crippen molar-refractivity contribution >= 4 is 11.8 Å². The highest BCUT2D eigenvalue weighted by atomic mass is 32.2. The second-order valence-electron chi connectivity index (χ2n) is 5.00. The molecule has 1 aliphatic carbocycles. The van der Waals surface area contributed by atoms with Gasteiger partial charge in [0.25, 0.3) is 0 Å². The number of piperazine rings is 1. The van der Waals surface area contributed by atoms with Crippen LogP contribution in [0.4, 0.5) is 0 Å². The molecule has 2 nitrogen and oxygen atoms in total. The molecule has 1 saturated carbocycles. The molecule has 0 aromatic rings. The fourth-order valence-electron chi connectivity index (χ4n) is 3.29. The highest BCUT2D eigenvalue weighted by molar-refractivity contribution is 7.99. The minimum absolute atomic E-state index is 0.789. The lowest BCUT2D eigenvalue weighted by atomic mass is 10.1. The number of hydrogen-bond acceptors (Lipinski definition) is 3. The maximum Gasteiger partial charge on any atom is 0.0221 e. The van der Waals surface area contributed by atoms with E-state index in [1.807, 2.05) is 0 Å². The van der Waals surface area contributed by atoms with Crippen molar-refractivity contribution in [3.63, 3.8) is 0 Å². The van der Waals surface area contributed by atoms with Gasteiger partial charge < -0.3 is 5.32 Å². The molecule has 2 rings (SSSR count). The van der Waals surface area contributed by atoms with E-state index in [4.69, 9.17) is 0 Å². The van der Waals surface area contributed by atoms with Crippen LogP contribution in [0.1, 0.15) is 39.5 Å². The number of nitrogens with one attached hydrogen (secondary N) is 1. The van der Waals surface area contributed by atoms with E-state index in [1.54, 1.807) is 0 Å². The molecule has 3 heteroatoms. The van der Waals surface area contributed by atoms with Gasteiger partial charge in [-0.15, -0.1) is 0 Å². The first kappa shape index (κ1) is 12.7. The summed E-state index contributed by atoms with van der Waals surface area (Å²) in [5.74, 6) is 1.28. The summed E-state index contributed by atoms with van der Waals surface area (Å²) in [6, 6.07) is 1.66. The summed E-state index contributed by atoms with van der Waals surface area (Å²) in [6.45, 7) is 8.30. The molecule has 3 unspecified atom stereocenters. The van der Waals surface area contributed by atoms with Crippen molar-refractivity contribution in [2.45, 2.75) is 56.9 Å². The third-order valence-corrected chi connectivity index (χ3v) is 5.40. The molecule has 3 atom stereocenters. The molecule has 0 bridgehead atoms. The second kappa shape index (κ2) is 6.27. The highest BCUT2D eigenvalue weighted by Gasteiger charge is 2.35. The predicted molar refractivity (Wildman–Crippen MR) is 73.2 cm³/mol. The Morgan fingerprint density at radius 2 is 2.19 bits per heavy atom. The molecular formula is C13H26N2S. The van der Waals surface area contributed by atoms with Crippen molar-refractivity contribution in [1.82, 2.24) is 10.2 Å². The van der Waals surface area contributed by atoms with E-state index >= 15 is 0 Å². The van der Waals surface area contributed by atoms with Crippen LogP contribution in [0.15, 0.2) is 0 Å². The molecule has 0 aromatic carbocycles. The van der Waals surface area contributed by atoms with Crippen molar-refractivity contribution < 1.29 is 0 Å². The third kappa shape index (κ3) is 2.74. The van der Waals surface area contributed by atoms with Crippen molar-refractivity contribution in [1.29, 1.82) is 0 Å². The monoisotopic (exact) mass is 242 g/mol. The molecule has 1 saturated heterocycles. The first-order valence-electron chi connectivity index (χ1n) is 6.94.